The Morgan fingerprint density at radius 2 is 2.03 bits per heavy atom. The van der Waals surface area contributed by atoms with Crippen molar-refractivity contribution in [3.05, 3.63) is 83.7 Å². The molecule has 1 amide bonds. The van der Waals surface area contributed by atoms with Crippen LogP contribution in [0.5, 0.6) is 5.75 Å². The van der Waals surface area contributed by atoms with E-state index in [1.54, 1.807) is 7.11 Å². The number of amides is 1. The molecule has 160 valence electrons. The van der Waals surface area contributed by atoms with Crippen molar-refractivity contribution in [2.75, 3.05) is 13.7 Å². The Balaban J connectivity index is 1.52. The lowest BCUT2D eigenvalue weighted by atomic mass is 10.0. The summed E-state index contributed by atoms with van der Waals surface area (Å²) < 4.78 is 5.55. The van der Waals surface area contributed by atoms with Crippen molar-refractivity contribution in [3.8, 4) is 16.9 Å². The largest absolute Gasteiger partial charge is 0.496 e. The molecule has 2 aromatic carbocycles. The summed E-state index contributed by atoms with van der Waals surface area (Å²) in [4.78, 5) is 18.2. The molecule has 0 saturated carbocycles. The van der Waals surface area contributed by atoms with Gasteiger partial charge in [0.15, 0.2) is 0 Å². The summed E-state index contributed by atoms with van der Waals surface area (Å²) in [6.07, 6.45) is 4.17. The van der Waals surface area contributed by atoms with Crippen molar-refractivity contribution in [1.29, 1.82) is 0 Å². The second-order valence-electron chi connectivity index (χ2n) is 8.02. The van der Waals surface area contributed by atoms with Crippen LogP contribution in [-0.4, -0.2) is 29.4 Å². The third kappa shape index (κ3) is 5.12. The number of nitrogens with zero attached hydrogens (tertiary/aromatic N) is 2. The zero-order valence-electron chi connectivity index (χ0n) is 18.2. The fraction of sp³-hybridized carbons (Fsp3) is 0.308. The summed E-state index contributed by atoms with van der Waals surface area (Å²) >= 11 is 0. The van der Waals surface area contributed by atoms with Crippen LogP contribution in [0.4, 0.5) is 0 Å². The van der Waals surface area contributed by atoms with Crippen LogP contribution in [0.1, 0.15) is 42.6 Å². The number of methoxy groups -OCH3 is 1. The normalized spacial score (nSPS) is 16.3. The quantitative estimate of drug-likeness (QED) is 0.606. The van der Waals surface area contributed by atoms with Crippen molar-refractivity contribution < 1.29 is 9.53 Å². The minimum Gasteiger partial charge on any atom is -0.496 e. The molecule has 4 rings (SSSR count). The lowest BCUT2D eigenvalue weighted by Crippen LogP contribution is -2.23. The number of ether oxygens (including phenoxy) is 1. The smallest absolute Gasteiger partial charge is 0.217 e. The molecule has 2 heterocycles. The van der Waals surface area contributed by atoms with E-state index in [4.69, 9.17) is 4.74 Å². The molecule has 0 radical (unpaired) electrons. The van der Waals surface area contributed by atoms with E-state index in [0.717, 1.165) is 36.5 Å². The number of rotatable bonds is 7. The number of carbonyl (C=O) groups excluding carboxylic acids is 1. The van der Waals surface area contributed by atoms with E-state index in [2.05, 4.69) is 57.7 Å². The van der Waals surface area contributed by atoms with Crippen LogP contribution in [0.15, 0.2) is 66.9 Å². The lowest BCUT2D eigenvalue weighted by molar-refractivity contribution is -0.119. The van der Waals surface area contributed by atoms with Gasteiger partial charge in [-0.3, -0.25) is 14.7 Å². The van der Waals surface area contributed by atoms with Gasteiger partial charge in [-0.2, -0.15) is 0 Å². The second-order valence-corrected chi connectivity index (χ2v) is 8.02. The zero-order chi connectivity index (χ0) is 21.6. The van der Waals surface area contributed by atoms with Crippen molar-refractivity contribution in [2.24, 2.45) is 0 Å². The first-order valence-corrected chi connectivity index (χ1v) is 10.8. The van der Waals surface area contributed by atoms with Crippen molar-refractivity contribution in [1.82, 2.24) is 15.2 Å². The highest BCUT2D eigenvalue weighted by atomic mass is 16.5. The Bertz CT molecular complexity index is 1050. The van der Waals surface area contributed by atoms with Gasteiger partial charge in [-0.15, -0.1) is 0 Å². The summed E-state index contributed by atoms with van der Waals surface area (Å²) in [6, 6.07) is 21.5. The van der Waals surface area contributed by atoms with E-state index in [-0.39, 0.29) is 5.91 Å². The molecule has 0 bridgehead atoms. The molecule has 5 nitrogen and oxygen atoms in total. The number of likely N-dealkylation sites (tertiary alicyclic amines) is 1. The number of hydrogen-bond acceptors (Lipinski definition) is 4. The van der Waals surface area contributed by atoms with Crippen LogP contribution in [0, 0.1) is 0 Å². The molecule has 0 aliphatic carbocycles. The van der Waals surface area contributed by atoms with Gasteiger partial charge >= 0.3 is 0 Å². The molecule has 1 saturated heterocycles. The number of nitrogens with one attached hydrogen (secondary N) is 1. The fourth-order valence-corrected chi connectivity index (χ4v) is 4.36. The Morgan fingerprint density at radius 1 is 1.16 bits per heavy atom. The Hall–Kier alpha value is -3.18. The molecule has 1 N–H and O–H groups in total. The van der Waals surface area contributed by atoms with Gasteiger partial charge in [0.2, 0.25) is 5.91 Å². The predicted molar refractivity (Wildman–Crippen MR) is 123 cm³/mol. The molecular formula is C26H29N3O2. The average molecular weight is 416 g/mol. The third-order valence-corrected chi connectivity index (χ3v) is 5.84. The van der Waals surface area contributed by atoms with Gasteiger partial charge in [-0.1, -0.05) is 36.4 Å². The van der Waals surface area contributed by atoms with E-state index in [1.165, 1.54) is 30.0 Å². The van der Waals surface area contributed by atoms with E-state index in [9.17, 15) is 4.79 Å². The fourth-order valence-electron chi connectivity index (χ4n) is 4.36. The summed E-state index contributed by atoms with van der Waals surface area (Å²) in [7, 11) is 1.71. The molecule has 3 aromatic rings. The number of para-hydroxylation sites is 1. The molecule has 1 aromatic heterocycles. The first kappa shape index (κ1) is 21.1. The second kappa shape index (κ2) is 9.75. The van der Waals surface area contributed by atoms with Crippen molar-refractivity contribution >= 4 is 5.91 Å². The van der Waals surface area contributed by atoms with Gasteiger partial charge < -0.3 is 10.1 Å². The average Bonchev–Trinajstić information content (AvgIpc) is 3.26. The topological polar surface area (TPSA) is 54.5 Å². The maximum absolute atomic E-state index is 11.2. The summed E-state index contributed by atoms with van der Waals surface area (Å²) in [5, 5.41) is 2.84. The highest BCUT2D eigenvalue weighted by molar-refractivity contribution is 5.72. The first-order chi connectivity index (χ1) is 15.1. The van der Waals surface area contributed by atoms with Gasteiger partial charge in [-0.05, 0) is 60.3 Å². The highest BCUT2D eigenvalue weighted by Crippen LogP contribution is 2.35. The number of aromatic nitrogens is 1. The predicted octanol–water partition coefficient (Wildman–Crippen LogP) is 4.73. The molecule has 1 atom stereocenters. The number of pyridine rings is 1. The van der Waals surface area contributed by atoms with Crippen LogP contribution in [-0.2, 0) is 17.9 Å². The van der Waals surface area contributed by atoms with E-state index in [0.29, 0.717) is 12.6 Å². The van der Waals surface area contributed by atoms with Crippen LogP contribution in [0.3, 0.4) is 0 Å². The SMILES string of the molecule is COc1ccccc1-c1cccc(CN2CCC[C@@H]2c2ccnc(CNC(C)=O)c2)c1. The number of benzene rings is 2. The van der Waals surface area contributed by atoms with Gasteiger partial charge in [0.1, 0.15) is 5.75 Å². The van der Waals surface area contributed by atoms with Crippen LogP contribution < -0.4 is 10.1 Å². The molecule has 1 fully saturated rings. The molecule has 0 spiro atoms. The zero-order valence-corrected chi connectivity index (χ0v) is 18.2. The van der Waals surface area contributed by atoms with Crippen LogP contribution in [0.25, 0.3) is 11.1 Å². The first-order valence-electron chi connectivity index (χ1n) is 10.8. The van der Waals surface area contributed by atoms with E-state index >= 15 is 0 Å². The summed E-state index contributed by atoms with van der Waals surface area (Å²) in [6.45, 7) is 3.97. The summed E-state index contributed by atoms with van der Waals surface area (Å²) in [5.41, 5.74) is 5.75. The third-order valence-electron chi connectivity index (χ3n) is 5.84. The van der Waals surface area contributed by atoms with Crippen LogP contribution >= 0.6 is 0 Å². The Kier molecular flexibility index (Phi) is 6.63. The lowest BCUT2D eigenvalue weighted by Gasteiger charge is -2.25. The van der Waals surface area contributed by atoms with E-state index in [1.807, 2.05) is 24.4 Å². The minimum atomic E-state index is -0.0374. The molecule has 0 unspecified atom stereocenters. The Labute approximate surface area is 184 Å². The Morgan fingerprint density at radius 3 is 2.87 bits per heavy atom. The molecule has 1 aliphatic rings. The molecule has 31 heavy (non-hydrogen) atoms. The van der Waals surface area contributed by atoms with E-state index < -0.39 is 0 Å². The maximum Gasteiger partial charge on any atom is 0.217 e. The molecule has 5 heteroatoms. The minimum absolute atomic E-state index is 0.0374. The standard InChI is InChI=1S/C26H29N3O2/c1-19(30)28-17-23-16-22(12-13-27-23)25-10-6-14-29(25)18-20-7-5-8-21(15-20)24-9-3-4-11-26(24)31-2/h3-5,7-9,11-13,15-16,25H,6,10,14,17-18H2,1-2H3,(H,28,30)/t25-/m1/s1. The van der Waals surface area contributed by atoms with Gasteiger partial charge in [0.05, 0.1) is 19.3 Å². The highest BCUT2D eigenvalue weighted by Gasteiger charge is 2.26. The van der Waals surface area contributed by atoms with Gasteiger partial charge in [0.25, 0.3) is 0 Å². The van der Waals surface area contributed by atoms with Gasteiger partial charge in [0, 0.05) is 31.3 Å². The van der Waals surface area contributed by atoms with Crippen molar-refractivity contribution in [3.63, 3.8) is 0 Å². The molecular weight excluding hydrogens is 386 g/mol. The monoisotopic (exact) mass is 415 g/mol. The van der Waals surface area contributed by atoms with Crippen molar-refractivity contribution in [2.45, 2.75) is 38.9 Å². The van der Waals surface area contributed by atoms with Gasteiger partial charge in [-0.25, -0.2) is 0 Å². The number of hydrogen-bond donors (Lipinski definition) is 1. The molecule has 1 aliphatic heterocycles. The number of carbonyl (C=O) groups is 1. The van der Waals surface area contributed by atoms with Crippen LogP contribution in [0.2, 0.25) is 0 Å². The maximum atomic E-state index is 11.2. The summed E-state index contributed by atoms with van der Waals surface area (Å²) in [5.74, 6) is 0.854.